The van der Waals surface area contributed by atoms with Crippen LogP contribution in [0.3, 0.4) is 0 Å². The Bertz CT molecular complexity index is 156. The van der Waals surface area contributed by atoms with Crippen LogP contribution < -0.4 is 0 Å². The highest BCUT2D eigenvalue weighted by atomic mass is 13.7. The summed E-state index contributed by atoms with van der Waals surface area (Å²) in [6.45, 7) is 7.42. The van der Waals surface area contributed by atoms with Crippen LogP contribution in [0.15, 0.2) is 35.8 Å². The van der Waals surface area contributed by atoms with Gasteiger partial charge in [-0.3, -0.25) is 0 Å². The topological polar surface area (TPSA) is 0 Å². The third-order valence-electron chi connectivity index (χ3n) is 0.602. The zero-order valence-corrected chi connectivity index (χ0v) is 5.36. The van der Waals surface area contributed by atoms with Crippen molar-refractivity contribution >= 4 is 0 Å². The van der Waals surface area contributed by atoms with Crippen molar-refractivity contribution in [2.24, 2.45) is 0 Å². The van der Waals surface area contributed by atoms with Gasteiger partial charge in [0.1, 0.15) is 0 Å². The third kappa shape index (κ3) is 5.04. The van der Waals surface area contributed by atoms with E-state index in [-0.39, 0.29) is 0 Å². The van der Waals surface area contributed by atoms with Gasteiger partial charge in [-0.25, -0.2) is 0 Å². The molecular weight excluding hydrogens is 96.1 g/mol. The van der Waals surface area contributed by atoms with Crippen molar-refractivity contribution in [1.82, 2.24) is 0 Å². The molecule has 0 bridgehead atoms. The zero-order chi connectivity index (χ0) is 6.41. The molecule has 0 aromatic heterocycles. The lowest BCUT2D eigenvalue weighted by Gasteiger charge is -1.76. The van der Waals surface area contributed by atoms with Crippen molar-refractivity contribution in [2.45, 2.75) is 13.8 Å². The van der Waals surface area contributed by atoms with Gasteiger partial charge in [-0.2, -0.15) is 0 Å². The molecule has 0 N–H and O–H groups in total. The molecule has 0 radical (unpaired) electrons. The molecule has 0 spiro atoms. The summed E-state index contributed by atoms with van der Waals surface area (Å²) in [4.78, 5) is 0. The Morgan fingerprint density at radius 2 is 2.12 bits per heavy atom. The predicted molar refractivity (Wildman–Crippen MR) is 36.7 cm³/mol. The molecule has 0 saturated heterocycles. The van der Waals surface area contributed by atoms with Crippen LogP contribution in [0.25, 0.3) is 0 Å². The lowest BCUT2D eigenvalue weighted by atomic mass is 10.3. The Balaban J connectivity index is 3.96. The fourth-order valence-electron chi connectivity index (χ4n) is 0.267. The minimum absolute atomic E-state index is 1.26. The highest BCUT2D eigenvalue weighted by Crippen LogP contribution is 1.86. The minimum Gasteiger partial charge on any atom is -0.0781 e. The Kier molecular flexibility index (Phi) is 3.70. The van der Waals surface area contributed by atoms with E-state index in [2.05, 4.69) is 18.0 Å². The molecule has 0 nitrogen and oxygen atoms in total. The van der Waals surface area contributed by atoms with Crippen LogP contribution in [0, 0.1) is 0 Å². The SMILES string of the molecule is C=C=C=CC=C(C)C. The lowest BCUT2D eigenvalue weighted by molar-refractivity contribution is 1.39. The second-order valence-corrected chi connectivity index (χ2v) is 1.73. The molecule has 0 aromatic carbocycles. The van der Waals surface area contributed by atoms with E-state index in [1.54, 1.807) is 6.08 Å². The fourth-order valence-corrected chi connectivity index (χ4v) is 0.267. The summed E-state index contributed by atoms with van der Waals surface area (Å²) in [5.74, 6) is 0. The lowest BCUT2D eigenvalue weighted by Crippen LogP contribution is -1.55. The van der Waals surface area contributed by atoms with Crippen molar-refractivity contribution < 1.29 is 0 Å². The van der Waals surface area contributed by atoms with Crippen molar-refractivity contribution in [3.05, 3.63) is 35.8 Å². The molecule has 0 unspecified atom stereocenters. The first-order valence-corrected chi connectivity index (χ1v) is 2.51. The maximum atomic E-state index is 3.36. The molecule has 0 heteroatoms. The molecule has 0 rings (SSSR count). The Hall–Kier alpha value is -0.960. The molecule has 42 valence electrons. The van der Waals surface area contributed by atoms with Crippen LogP contribution in [-0.4, -0.2) is 0 Å². The summed E-state index contributed by atoms with van der Waals surface area (Å²) in [7, 11) is 0. The van der Waals surface area contributed by atoms with E-state index in [4.69, 9.17) is 0 Å². The molecule has 0 atom stereocenters. The van der Waals surface area contributed by atoms with Crippen molar-refractivity contribution in [3.63, 3.8) is 0 Å². The van der Waals surface area contributed by atoms with E-state index in [1.807, 2.05) is 19.9 Å². The Morgan fingerprint density at radius 3 is 2.50 bits per heavy atom. The quantitative estimate of drug-likeness (QED) is 0.356. The molecule has 0 aromatic rings. The highest BCUT2D eigenvalue weighted by molar-refractivity contribution is 5.07. The number of hydrogen-bond donors (Lipinski definition) is 0. The number of rotatable bonds is 1. The smallest absolute Gasteiger partial charge is 0.0116 e. The summed E-state index contributed by atoms with van der Waals surface area (Å²) in [6.07, 6.45) is 3.75. The average Bonchev–Trinajstić information content (AvgIpc) is 1.66. The fraction of sp³-hybridized carbons (Fsp3) is 0.250. The summed E-state index contributed by atoms with van der Waals surface area (Å²) in [5, 5.41) is 0. The van der Waals surface area contributed by atoms with Crippen LogP contribution in [0.1, 0.15) is 13.8 Å². The Morgan fingerprint density at radius 1 is 1.50 bits per heavy atom. The van der Waals surface area contributed by atoms with Crippen molar-refractivity contribution in [3.8, 4) is 0 Å². The molecule has 0 aliphatic carbocycles. The standard InChI is InChI=1S/C8H10/c1-4-5-6-7-8(2)3/h6-7H,1H2,2-3H3. The molecular formula is C8H10. The highest BCUT2D eigenvalue weighted by Gasteiger charge is 1.65. The van der Waals surface area contributed by atoms with Gasteiger partial charge in [0.05, 0.1) is 0 Å². The molecule has 0 aliphatic heterocycles. The average molecular weight is 106 g/mol. The normalized spacial score (nSPS) is 6.25. The van der Waals surface area contributed by atoms with E-state index >= 15 is 0 Å². The van der Waals surface area contributed by atoms with E-state index in [9.17, 15) is 0 Å². The molecule has 0 fully saturated rings. The van der Waals surface area contributed by atoms with E-state index in [0.29, 0.717) is 0 Å². The van der Waals surface area contributed by atoms with Gasteiger partial charge in [0.15, 0.2) is 0 Å². The number of allylic oxidation sites excluding steroid dienone is 3. The zero-order valence-electron chi connectivity index (χ0n) is 5.36. The summed E-state index contributed by atoms with van der Waals surface area (Å²) >= 11 is 0. The van der Waals surface area contributed by atoms with Crippen molar-refractivity contribution in [2.75, 3.05) is 0 Å². The van der Waals surface area contributed by atoms with Gasteiger partial charge in [0.2, 0.25) is 0 Å². The monoisotopic (exact) mass is 106 g/mol. The molecule has 0 saturated carbocycles. The van der Waals surface area contributed by atoms with Crippen molar-refractivity contribution in [1.29, 1.82) is 0 Å². The van der Waals surface area contributed by atoms with Gasteiger partial charge >= 0.3 is 0 Å². The maximum Gasteiger partial charge on any atom is -0.0116 e. The Labute approximate surface area is 50.5 Å². The summed E-state index contributed by atoms with van der Waals surface area (Å²) in [6, 6.07) is 0. The first-order valence-electron chi connectivity index (χ1n) is 2.51. The van der Waals surface area contributed by atoms with E-state index in [0.717, 1.165) is 0 Å². The maximum absolute atomic E-state index is 3.36. The van der Waals surface area contributed by atoms with Crippen LogP contribution >= 0.6 is 0 Å². The van der Waals surface area contributed by atoms with E-state index in [1.165, 1.54) is 5.57 Å². The van der Waals surface area contributed by atoms with Gasteiger partial charge in [0, 0.05) is 0 Å². The van der Waals surface area contributed by atoms with Crippen LogP contribution in [0.5, 0.6) is 0 Å². The van der Waals surface area contributed by atoms with Gasteiger partial charge in [-0.1, -0.05) is 23.1 Å². The molecule has 8 heavy (non-hydrogen) atoms. The number of hydrogen-bond acceptors (Lipinski definition) is 0. The molecule has 0 amide bonds. The molecule has 0 aliphatic rings. The third-order valence-corrected chi connectivity index (χ3v) is 0.602. The van der Waals surface area contributed by atoms with Crippen LogP contribution in [-0.2, 0) is 0 Å². The second kappa shape index (κ2) is 4.21. The summed E-state index contributed by atoms with van der Waals surface area (Å²) < 4.78 is 0. The van der Waals surface area contributed by atoms with Crippen LogP contribution in [0.4, 0.5) is 0 Å². The van der Waals surface area contributed by atoms with Gasteiger partial charge < -0.3 is 0 Å². The van der Waals surface area contributed by atoms with Gasteiger partial charge in [-0.15, -0.1) is 0 Å². The largest absolute Gasteiger partial charge is 0.0781 e. The second-order valence-electron chi connectivity index (χ2n) is 1.73. The molecule has 0 heterocycles. The first kappa shape index (κ1) is 7.04. The van der Waals surface area contributed by atoms with Crippen LogP contribution in [0.2, 0.25) is 0 Å². The van der Waals surface area contributed by atoms with E-state index < -0.39 is 0 Å². The minimum atomic E-state index is 1.26. The van der Waals surface area contributed by atoms with Gasteiger partial charge in [0.25, 0.3) is 0 Å². The summed E-state index contributed by atoms with van der Waals surface area (Å²) in [5.41, 5.74) is 6.50. The predicted octanol–water partition coefficient (Wildman–Crippen LogP) is 2.45. The van der Waals surface area contributed by atoms with Gasteiger partial charge in [-0.05, 0) is 26.5 Å². The first-order chi connectivity index (χ1) is 3.77.